The van der Waals surface area contributed by atoms with E-state index in [0.29, 0.717) is 29.7 Å². The van der Waals surface area contributed by atoms with Crippen LogP contribution >= 0.6 is 0 Å². The number of morpholine rings is 1. The van der Waals surface area contributed by atoms with Crippen molar-refractivity contribution in [2.45, 2.75) is 6.54 Å². The molecule has 1 amide bonds. The molecule has 0 saturated carbocycles. The van der Waals surface area contributed by atoms with Crippen LogP contribution in [0.3, 0.4) is 0 Å². The smallest absolute Gasteiger partial charge is 0.273 e. The number of aromatic nitrogens is 2. The molecular weight excluding hydrogens is 394 g/mol. The highest BCUT2D eigenvalue weighted by molar-refractivity contribution is 6.04. The molecule has 0 bridgehead atoms. The van der Waals surface area contributed by atoms with Crippen LogP contribution in [0.4, 0.5) is 5.95 Å². The Morgan fingerprint density at radius 3 is 2.81 bits per heavy atom. The van der Waals surface area contributed by atoms with Crippen molar-refractivity contribution in [3.05, 3.63) is 59.8 Å². The van der Waals surface area contributed by atoms with Crippen LogP contribution in [0.5, 0.6) is 5.75 Å². The van der Waals surface area contributed by atoms with Gasteiger partial charge in [0.05, 0.1) is 18.7 Å². The summed E-state index contributed by atoms with van der Waals surface area (Å²) in [5.74, 6) is 0.679. The normalized spacial score (nSPS) is 14.5. The van der Waals surface area contributed by atoms with Gasteiger partial charge in [0, 0.05) is 38.6 Å². The molecule has 0 spiro atoms. The zero-order chi connectivity index (χ0) is 21.6. The number of para-hydroxylation sites is 1. The predicted molar refractivity (Wildman–Crippen MR) is 119 cm³/mol. The average molecular weight is 422 g/mol. The topological polar surface area (TPSA) is 93.8 Å². The number of rotatable bonds is 7. The molecule has 0 aliphatic carbocycles. The number of nitrogens with zero attached hydrogens (tertiary/aromatic N) is 4. The Kier molecular flexibility index (Phi) is 6.59. The van der Waals surface area contributed by atoms with Crippen LogP contribution < -0.4 is 10.5 Å². The molecule has 4 rings (SSSR count). The van der Waals surface area contributed by atoms with Gasteiger partial charge in [0.2, 0.25) is 5.95 Å². The largest absolute Gasteiger partial charge is 0.492 e. The maximum absolute atomic E-state index is 13.1. The molecule has 8 heteroatoms. The summed E-state index contributed by atoms with van der Waals surface area (Å²) in [5, 5.41) is 0.689. The minimum Gasteiger partial charge on any atom is -0.492 e. The van der Waals surface area contributed by atoms with Crippen molar-refractivity contribution >= 4 is 22.8 Å². The Morgan fingerprint density at radius 1 is 1.16 bits per heavy atom. The van der Waals surface area contributed by atoms with Gasteiger partial charge in [-0.1, -0.05) is 30.3 Å². The molecule has 2 heterocycles. The van der Waals surface area contributed by atoms with E-state index in [9.17, 15) is 4.79 Å². The first-order valence-electron chi connectivity index (χ1n) is 10.4. The molecule has 0 unspecified atom stereocenters. The predicted octanol–water partition coefficient (Wildman–Crippen LogP) is 2.20. The van der Waals surface area contributed by atoms with E-state index in [-0.39, 0.29) is 11.9 Å². The van der Waals surface area contributed by atoms with Gasteiger partial charge in [0.15, 0.2) is 0 Å². The van der Waals surface area contributed by atoms with E-state index >= 15 is 0 Å². The van der Waals surface area contributed by atoms with Crippen LogP contribution in [0.25, 0.3) is 10.9 Å². The Labute approximate surface area is 181 Å². The van der Waals surface area contributed by atoms with E-state index in [1.54, 1.807) is 11.9 Å². The molecule has 31 heavy (non-hydrogen) atoms. The van der Waals surface area contributed by atoms with Crippen molar-refractivity contribution in [2.24, 2.45) is 0 Å². The number of hydrogen-bond acceptors (Lipinski definition) is 7. The molecule has 1 saturated heterocycles. The Morgan fingerprint density at radius 2 is 1.97 bits per heavy atom. The molecule has 8 nitrogen and oxygen atoms in total. The zero-order valence-corrected chi connectivity index (χ0v) is 17.7. The van der Waals surface area contributed by atoms with Crippen molar-refractivity contribution in [1.82, 2.24) is 19.8 Å². The van der Waals surface area contributed by atoms with E-state index in [4.69, 9.17) is 15.2 Å². The monoisotopic (exact) mass is 421 g/mol. The van der Waals surface area contributed by atoms with Crippen LogP contribution in [0, 0.1) is 0 Å². The quantitative estimate of drug-likeness (QED) is 0.625. The first-order chi connectivity index (χ1) is 15.1. The van der Waals surface area contributed by atoms with Crippen LogP contribution in [0.1, 0.15) is 16.1 Å². The highest BCUT2D eigenvalue weighted by Crippen LogP contribution is 2.20. The molecular formula is C23H27N5O3. The number of nitrogen functional groups attached to an aromatic ring is 1. The SMILES string of the molecule is CN(Cc1cccc(OCCN2CCOCC2)c1)C(=O)c1nc(N)nc2ccccc12. The number of carbonyl (C=O) groups excluding carboxylic acids is 1. The summed E-state index contributed by atoms with van der Waals surface area (Å²) in [7, 11) is 1.75. The van der Waals surface area contributed by atoms with Gasteiger partial charge in [0.1, 0.15) is 18.1 Å². The van der Waals surface area contributed by atoms with E-state index < -0.39 is 0 Å². The number of carbonyl (C=O) groups is 1. The maximum atomic E-state index is 13.1. The summed E-state index contributed by atoms with van der Waals surface area (Å²) < 4.78 is 11.3. The van der Waals surface area contributed by atoms with Crippen molar-refractivity contribution < 1.29 is 14.3 Å². The summed E-state index contributed by atoms with van der Waals surface area (Å²) in [5.41, 5.74) is 7.76. The van der Waals surface area contributed by atoms with Crippen LogP contribution in [0.15, 0.2) is 48.5 Å². The van der Waals surface area contributed by atoms with Crippen molar-refractivity contribution in [1.29, 1.82) is 0 Å². The van der Waals surface area contributed by atoms with Gasteiger partial charge in [-0.3, -0.25) is 9.69 Å². The third kappa shape index (κ3) is 5.28. The lowest BCUT2D eigenvalue weighted by atomic mass is 10.1. The molecule has 0 atom stereocenters. The van der Waals surface area contributed by atoms with Gasteiger partial charge in [-0.2, -0.15) is 0 Å². The van der Waals surface area contributed by atoms with Gasteiger partial charge in [0.25, 0.3) is 5.91 Å². The first kappa shape index (κ1) is 21.0. The molecule has 1 aliphatic rings. The first-order valence-corrected chi connectivity index (χ1v) is 10.4. The Balaban J connectivity index is 1.40. The minimum atomic E-state index is -0.205. The van der Waals surface area contributed by atoms with E-state index in [1.807, 2.05) is 48.5 Å². The van der Waals surface area contributed by atoms with Crippen molar-refractivity contribution in [3.63, 3.8) is 0 Å². The minimum absolute atomic E-state index is 0.0890. The lowest BCUT2D eigenvalue weighted by Gasteiger charge is -2.26. The summed E-state index contributed by atoms with van der Waals surface area (Å²) in [6.07, 6.45) is 0. The molecule has 1 fully saturated rings. The van der Waals surface area contributed by atoms with E-state index in [2.05, 4.69) is 14.9 Å². The number of benzene rings is 2. The van der Waals surface area contributed by atoms with Crippen LogP contribution in [-0.2, 0) is 11.3 Å². The third-order valence-corrected chi connectivity index (χ3v) is 5.27. The van der Waals surface area contributed by atoms with E-state index in [0.717, 1.165) is 44.2 Å². The summed E-state index contributed by atoms with van der Waals surface area (Å²) in [6, 6.07) is 15.2. The second kappa shape index (κ2) is 9.72. The van der Waals surface area contributed by atoms with Crippen molar-refractivity contribution in [2.75, 3.05) is 52.2 Å². The highest BCUT2D eigenvalue weighted by Gasteiger charge is 2.18. The Hall–Kier alpha value is -3.23. The highest BCUT2D eigenvalue weighted by atomic mass is 16.5. The van der Waals surface area contributed by atoms with Crippen LogP contribution in [0.2, 0.25) is 0 Å². The van der Waals surface area contributed by atoms with E-state index in [1.165, 1.54) is 0 Å². The fraction of sp³-hybridized carbons (Fsp3) is 0.348. The molecule has 1 aromatic heterocycles. The maximum Gasteiger partial charge on any atom is 0.273 e. The Bertz CT molecular complexity index is 1050. The van der Waals surface area contributed by atoms with Gasteiger partial charge in [-0.15, -0.1) is 0 Å². The number of fused-ring (bicyclic) bond motifs is 1. The number of amides is 1. The molecule has 2 N–H and O–H groups in total. The number of anilines is 1. The standard InChI is InChI=1S/C23H27N5O3/c1-27(22(29)21-19-7-2-3-8-20(19)25-23(24)26-21)16-17-5-4-6-18(15-17)31-14-11-28-9-12-30-13-10-28/h2-8,15H,9-14,16H2,1H3,(H2,24,25,26). The van der Waals surface area contributed by atoms with Gasteiger partial charge in [-0.05, 0) is 23.8 Å². The molecule has 3 aromatic rings. The second-order valence-electron chi connectivity index (χ2n) is 7.56. The molecule has 0 radical (unpaired) electrons. The zero-order valence-electron chi connectivity index (χ0n) is 17.7. The molecule has 1 aliphatic heterocycles. The molecule has 162 valence electrons. The summed E-state index contributed by atoms with van der Waals surface area (Å²) in [6.45, 7) is 5.36. The number of nitrogens with two attached hydrogens (primary N) is 1. The summed E-state index contributed by atoms with van der Waals surface area (Å²) in [4.78, 5) is 25.4. The number of hydrogen-bond donors (Lipinski definition) is 1. The fourth-order valence-electron chi connectivity index (χ4n) is 3.64. The number of ether oxygens (including phenoxy) is 2. The lowest BCUT2D eigenvalue weighted by Crippen LogP contribution is -2.38. The average Bonchev–Trinajstić information content (AvgIpc) is 2.79. The summed E-state index contributed by atoms with van der Waals surface area (Å²) >= 11 is 0. The van der Waals surface area contributed by atoms with Crippen molar-refractivity contribution in [3.8, 4) is 5.75 Å². The van der Waals surface area contributed by atoms with Gasteiger partial charge >= 0.3 is 0 Å². The van der Waals surface area contributed by atoms with Gasteiger partial charge < -0.3 is 20.1 Å². The second-order valence-corrected chi connectivity index (χ2v) is 7.56. The van der Waals surface area contributed by atoms with Crippen LogP contribution in [-0.4, -0.2) is 72.2 Å². The molecule has 2 aromatic carbocycles. The lowest BCUT2D eigenvalue weighted by molar-refractivity contribution is 0.0322. The fourth-order valence-corrected chi connectivity index (χ4v) is 3.64. The van der Waals surface area contributed by atoms with Gasteiger partial charge in [-0.25, -0.2) is 9.97 Å². The third-order valence-electron chi connectivity index (χ3n) is 5.27.